The predicted octanol–water partition coefficient (Wildman–Crippen LogP) is 1.48. The number of rotatable bonds is 5. The van der Waals surface area contributed by atoms with Crippen LogP contribution in [-0.2, 0) is 9.59 Å². The molecule has 2 heterocycles. The smallest absolute Gasteiger partial charge is 0.303 e. The number of carboxylic acid groups (broad SMARTS) is 1. The summed E-state index contributed by atoms with van der Waals surface area (Å²) in [5.74, 6) is -0.0665. The summed E-state index contributed by atoms with van der Waals surface area (Å²) in [5, 5.41) is 12.1. The van der Waals surface area contributed by atoms with Crippen LogP contribution in [0.5, 0.6) is 0 Å². The molecule has 0 aromatic heterocycles. The van der Waals surface area contributed by atoms with E-state index in [1.54, 1.807) is 0 Å². The Kier molecular flexibility index (Phi) is 5.02. The van der Waals surface area contributed by atoms with Crippen LogP contribution in [0.3, 0.4) is 0 Å². The van der Waals surface area contributed by atoms with Gasteiger partial charge in [-0.15, -0.1) is 0 Å². The molecule has 20 heavy (non-hydrogen) atoms. The SMILES string of the molecule is CCC1(C(=O)N2CCC(CCC(=O)O)C2)CCNCC1. The molecule has 0 saturated carbocycles. The molecule has 1 unspecified atom stereocenters. The van der Waals surface area contributed by atoms with Crippen LogP contribution in [-0.4, -0.2) is 48.1 Å². The highest BCUT2D eigenvalue weighted by Gasteiger charge is 2.42. The van der Waals surface area contributed by atoms with Crippen LogP contribution in [0.1, 0.15) is 45.4 Å². The van der Waals surface area contributed by atoms with Crippen molar-refractivity contribution >= 4 is 11.9 Å². The molecule has 0 aromatic rings. The lowest BCUT2D eigenvalue weighted by molar-refractivity contribution is -0.143. The number of amides is 1. The minimum Gasteiger partial charge on any atom is -0.481 e. The fraction of sp³-hybridized carbons (Fsp3) is 0.867. The third kappa shape index (κ3) is 3.32. The van der Waals surface area contributed by atoms with Gasteiger partial charge in [-0.2, -0.15) is 0 Å². The molecule has 5 heteroatoms. The molecule has 1 atom stereocenters. The molecule has 114 valence electrons. The van der Waals surface area contributed by atoms with Crippen LogP contribution >= 0.6 is 0 Å². The van der Waals surface area contributed by atoms with E-state index in [1.807, 2.05) is 4.90 Å². The number of carbonyl (C=O) groups is 2. The molecule has 0 aliphatic carbocycles. The van der Waals surface area contributed by atoms with Gasteiger partial charge in [0.1, 0.15) is 0 Å². The lowest BCUT2D eigenvalue weighted by atomic mass is 9.75. The molecule has 5 nitrogen and oxygen atoms in total. The van der Waals surface area contributed by atoms with Crippen LogP contribution in [0.15, 0.2) is 0 Å². The zero-order valence-corrected chi connectivity index (χ0v) is 12.4. The number of hydrogen-bond donors (Lipinski definition) is 2. The average molecular weight is 282 g/mol. The predicted molar refractivity (Wildman–Crippen MR) is 76.4 cm³/mol. The highest BCUT2D eigenvalue weighted by Crippen LogP contribution is 2.36. The summed E-state index contributed by atoms with van der Waals surface area (Å²) in [5.41, 5.74) is -0.174. The highest BCUT2D eigenvalue weighted by atomic mass is 16.4. The Morgan fingerprint density at radius 1 is 1.35 bits per heavy atom. The van der Waals surface area contributed by atoms with E-state index in [2.05, 4.69) is 12.2 Å². The van der Waals surface area contributed by atoms with Crippen LogP contribution in [0, 0.1) is 11.3 Å². The minimum atomic E-state index is -0.738. The average Bonchev–Trinajstić information content (AvgIpc) is 2.94. The summed E-state index contributed by atoms with van der Waals surface area (Å²) in [6.07, 6.45) is 4.63. The van der Waals surface area contributed by atoms with Gasteiger partial charge >= 0.3 is 5.97 Å². The third-order valence-corrected chi connectivity index (χ3v) is 5.03. The minimum absolute atomic E-state index is 0.174. The summed E-state index contributed by atoms with van der Waals surface area (Å²) in [6.45, 7) is 5.52. The Bertz CT molecular complexity index is 364. The van der Waals surface area contributed by atoms with Crippen molar-refractivity contribution in [3.05, 3.63) is 0 Å². The van der Waals surface area contributed by atoms with Crippen molar-refractivity contribution in [2.45, 2.75) is 45.4 Å². The number of nitrogens with one attached hydrogen (secondary N) is 1. The monoisotopic (exact) mass is 282 g/mol. The van der Waals surface area contributed by atoms with Gasteiger partial charge in [-0.3, -0.25) is 9.59 Å². The molecular formula is C15H26N2O3. The van der Waals surface area contributed by atoms with Gasteiger partial charge in [-0.1, -0.05) is 6.92 Å². The van der Waals surface area contributed by atoms with Gasteiger partial charge in [-0.25, -0.2) is 0 Å². The van der Waals surface area contributed by atoms with Crippen LogP contribution in [0.2, 0.25) is 0 Å². The topological polar surface area (TPSA) is 69.6 Å². The molecule has 0 aromatic carbocycles. The van der Waals surface area contributed by atoms with E-state index in [-0.39, 0.29) is 11.8 Å². The number of piperidine rings is 1. The van der Waals surface area contributed by atoms with E-state index in [0.29, 0.717) is 18.2 Å². The quantitative estimate of drug-likeness (QED) is 0.801. The van der Waals surface area contributed by atoms with Crippen molar-refractivity contribution < 1.29 is 14.7 Å². The van der Waals surface area contributed by atoms with Gasteiger partial charge in [0.05, 0.1) is 5.41 Å². The molecule has 2 rings (SSSR count). The first-order chi connectivity index (χ1) is 9.57. The van der Waals surface area contributed by atoms with Crippen molar-refractivity contribution in [1.82, 2.24) is 10.2 Å². The van der Waals surface area contributed by atoms with Gasteiger partial charge in [0.2, 0.25) is 5.91 Å². The number of aliphatic carboxylic acids is 1. The second kappa shape index (κ2) is 6.57. The summed E-state index contributed by atoms with van der Waals surface area (Å²) in [4.78, 5) is 25.4. The Morgan fingerprint density at radius 2 is 2.05 bits per heavy atom. The number of likely N-dealkylation sites (tertiary alicyclic amines) is 1. The Hall–Kier alpha value is -1.10. The zero-order valence-electron chi connectivity index (χ0n) is 12.4. The van der Waals surface area contributed by atoms with E-state index in [9.17, 15) is 9.59 Å². The van der Waals surface area contributed by atoms with Gasteiger partial charge in [-0.05, 0) is 51.1 Å². The first-order valence-corrected chi connectivity index (χ1v) is 7.79. The molecule has 2 saturated heterocycles. The Morgan fingerprint density at radius 3 is 2.65 bits per heavy atom. The fourth-order valence-corrected chi connectivity index (χ4v) is 3.54. The summed E-state index contributed by atoms with van der Waals surface area (Å²) < 4.78 is 0. The van der Waals surface area contributed by atoms with Gasteiger partial charge in [0, 0.05) is 19.5 Å². The molecule has 2 aliphatic rings. The van der Waals surface area contributed by atoms with Crippen LogP contribution in [0.25, 0.3) is 0 Å². The van der Waals surface area contributed by atoms with Gasteiger partial charge < -0.3 is 15.3 Å². The number of carboxylic acids is 1. The van der Waals surface area contributed by atoms with Crippen molar-refractivity contribution in [3.8, 4) is 0 Å². The van der Waals surface area contributed by atoms with Crippen LogP contribution < -0.4 is 5.32 Å². The Balaban J connectivity index is 1.91. The van der Waals surface area contributed by atoms with E-state index >= 15 is 0 Å². The third-order valence-electron chi connectivity index (χ3n) is 5.03. The molecule has 2 N–H and O–H groups in total. The van der Waals surface area contributed by atoms with Crippen LogP contribution in [0.4, 0.5) is 0 Å². The summed E-state index contributed by atoms with van der Waals surface area (Å²) in [7, 11) is 0. The number of hydrogen-bond acceptors (Lipinski definition) is 3. The van der Waals surface area contributed by atoms with E-state index in [0.717, 1.165) is 51.9 Å². The van der Waals surface area contributed by atoms with Crippen molar-refractivity contribution in [1.29, 1.82) is 0 Å². The molecule has 0 bridgehead atoms. The van der Waals surface area contributed by atoms with Crippen molar-refractivity contribution in [2.75, 3.05) is 26.2 Å². The fourth-order valence-electron chi connectivity index (χ4n) is 3.54. The lowest BCUT2D eigenvalue weighted by Gasteiger charge is -2.38. The van der Waals surface area contributed by atoms with E-state index < -0.39 is 5.97 Å². The van der Waals surface area contributed by atoms with Gasteiger partial charge in [0.15, 0.2) is 0 Å². The second-order valence-corrected chi connectivity index (χ2v) is 6.22. The molecule has 2 aliphatic heterocycles. The molecule has 0 spiro atoms. The molecular weight excluding hydrogens is 256 g/mol. The maximum absolute atomic E-state index is 12.8. The van der Waals surface area contributed by atoms with E-state index in [4.69, 9.17) is 5.11 Å². The zero-order chi connectivity index (χ0) is 14.6. The first kappa shape index (κ1) is 15.3. The van der Waals surface area contributed by atoms with Crippen molar-refractivity contribution in [2.24, 2.45) is 11.3 Å². The molecule has 0 radical (unpaired) electrons. The van der Waals surface area contributed by atoms with Crippen molar-refractivity contribution in [3.63, 3.8) is 0 Å². The highest BCUT2D eigenvalue weighted by molar-refractivity contribution is 5.83. The standard InChI is InChI=1S/C15H26N2O3/c1-2-15(6-8-16-9-7-15)14(20)17-10-5-12(11-17)3-4-13(18)19/h12,16H,2-11H2,1H3,(H,18,19). The number of carbonyl (C=O) groups excluding carboxylic acids is 1. The summed E-state index contributed by atoms with van der Waals surface area (Å²) in [6, 6.07) is 0. The molecule has 2 fully saturated rings. The van der Waals surface area contributed by atoms with Gasteiger partial charge in [0.25, 0.3) is 0 Å². The van der Waals surface area contributed by atoms with E-state index in [1.165, 1.54) is 0 Å². The first-order valence-electron chi connectivity index (χ1n) is 7.79. The Labute approximate surface area is 120 Å². The largest absolute Gasteiger partial charge is 0.481 e. The maximum Gasteiger partial charge on any atom is 0.303 e. The number of nitrogens with zero attached hydrogens (tertiary/aromatic N) is 1. The normalized spacial score (nSPS) is 25.6. The summed E-state index contributed by atoms with van der Waals surface area (Å²) >= 11 is 0. The molecule has 1 amide bonds. The lowest BCUT2D eigenvalue weighted by Crippen LogP contribution is -2.48. The maximum atomic E-state index is 12.8. The second-order valence-electron chi connectivity index (χ2n) is 6.22.